The lowest BCUT2D eigenvalue weighted by Crippen LogP contribution is -2.41. The van der Waals surface area contributed by atoms with Crippen molar-refractivity contribution in [2.45, 2.75) is 12.8 Å². The predicted molar refractivity (Wildman–Crippen MR) is 115 cm³/mol. The molecule has 3 amide bonds. The molecule has 0 saturated carbocycles. The number of esters is 1. The second-order valence-electron chi connectivity index (χ2n) is 5.84. The van der Waals surface area contributed by atoms with E-state index in [-0.39, 0.29) is 12.8 Å². The van der Waals surface area contributed by atoms with Crippen molar-refractivity contribution in [1.82, 2.24) is 10.9 Å². The van der Waals surface area contributed by atoms with Gasteiger partial charge >= 0.3 is 5.97 Å². The SMILES string of the molecule is O=C(CCC(=O)OCC(=O)Nc1ccc(Br)cc1Cl)NNC(=O)c1ccc(Cl)cc1. The minimum atomic E-state index is -0.744. The fraction of sp³-hybridized carbons (Fsp3) is 0.158. The number of ether oxygens (including phenoxy) is 1. The van der Waals surface area contributed by atoms with E-state index in [0.29, 0.717) is 21.3 Å². The average molecular weight is 517 g/mol. The standard InChI is InChI=1S/C19H16BrCl2N3O5/c20-12-3-6-15(14(22)9-12)23-17(27)10-30-18(28)8-7-16(26)24-25-19(29)11-1-4-13(21)5-2-11/h1-6,9H,7-8,10H2,(H,23,27)(H,24,26)(H,25,29). The molecule has 0 aliphatic heterocycles. The van der Waals surface area contributed by atoms with Gasteiger partial charge in [-0.05, 0) is 42.5 Å². The Balaban J connectivity index is 1.66. The summed E-state index contributed by atoms with van der Waals surface area (Å²) in [5, 5.41) is 3.30. The van der Waals surface area contributed by atoms with E-state index in [1.807, 2.05) is 0 Å². The van der Waals surface area contributed by atoms with Crippen LogP contribution in [0.5, 0.6) is 0 Å². The van der Waals surface area contributed by atoms with Crippen molar-refractivity contribution in [3.05, 3.63) is 62.5 Å². The number of anilines is 1. The van der Waals surface area contributed by atoms with Crippen molar-refractivity contribution in [2.75, 3.05) is 11.9 Å². The number of amides is 3. The molecule has 30 heavy (non-hydrogen) atoms. The molecule has 0 aromatic heterocycles. The van der Waals surface area contributed by atoms with E-state index in [1.54, 1.807) is 18.2 Å². The number of carbonyl (C=O) groups excluding carboxylic acids is 4. The highest BCUT2D eigenvalue weighted by molar-refractivity contribution is 9.10. The van der Waals surface area contributed by atoms with E-state index in [4.69, 9.17) is 27.9 Å². The summed E-state index contributed by atoms with van der Waals surface area (Å²) in [7, 11) is 0. The smallest absolute Gasteiger partial charge is 0.306 e. The summed E-state index contributed by atoms with van der Waals surface area (Å²) in [6, 6.07) is 11.0. The van der Waals surface area contributed by atoms with Gasteiger partial charge in [-0.3, -0.25) is 30.0 Å². The van der Waals surface area contributed by atoms with Crippen molar-refractivity contribution in [3.63, 3.8) is 0 Å². The van der Waals surface area contributed by atoms with E-state index in [1.165, 1.54) is 24.3 Å². The van der Waals surface area contributed by atoms with Crippen LogP contribution in [-0.4, -0.2) is 30.3 Å². The van der Waals surface area contributed by atoms with Crippen LogP contribution in [0.2, 0.25) is 10.0 Å². The lowest BCUT2D eigenvalue weighted by atomic mass is 10.2. The highest BCUT2D eigenvalue weighted by Crippen LogP contribution is 2.25. The lowest BCUT2D eigenvalue weighted by Gasteiger charge is -2.09. The van der Waals surface area contributed by atoms with Crippen LogP contribution in [0.4, 0.5) is 5.69 Å². The van der Waals surface area contributed by atoms with E-state index in [9.17, 15) is 19.2 Å². The molecular weight excluding hydrogens is 501 g/mol. The number of benzene rings is 2. The van der Waals surface area contributed by atoms with Crippen LogP contribution >= 0.6 is 39.1 Å². The zero-order valence-electron chi connectivity index (χ0n) is 15.3. The van der Waals surface area contributed by atoms with Crippen LogP contribution in [0.25, 0.3) is 0 Å². The molecule has 0 spiro atoms. The van der Waals surface area contributed by atoms with Crippen molar-refractivity contribution in [1.29, 1.82) is 0 Å². The van der Waals surface area contributed by atoms with Gasteiger partial charge in [-0.25, -0.2) is 0 Å². The molecular formula is C19H16BrCl2N3O5. The molecule has 3 N–H and O–H groups in total. The number of hydrogen-bond donors (Lipinski definition) is 3. The van der Waals surface area contributed by atoms with Crippen LogP contribution in [0, 0.1) is 0 Å². The maximum absolute atomic E-state index is 11.9. The van der Waals surface area contributed by atoms with Crippen LogP contribution < -0.4 is 16.2 Å². The summed E-state index contributed by atoms with van der Waals surface area (Å²) >= 11 is 15.0. The van der Waals surface area contributed by atoms with Crippen LogP contribution in [0.1, 0.15) is 23.2 Å². The Hall–Kier alpha value is -2.62. The molecule has 0 atom stereocenters. The van der Waals surface area contributed by atoms with Crippen molar-refractivity contribution in [2.24, 2.45) is 0 Å². The van der Waals surface area contributed by atoms with Crippen LogP contribution in [0.3, 0.4) is 0 Å². The Labute approximate surface area is 190 Å². The van der Waals surface area contributed by atoms with Gasteiger partial charge in [0.2, 0.25) is 5.91 Å². The summed E-state index contributed by atoms with van der Waals surface area (Å²) < 4.78 is 5.56. The molecule has 0 aliphatic carbocycles. The third kappa shape index (κ3) is 8.02. The van der Waals surface area contributed by atoms with Gasteiger partial charge in [0.1, 0.15) is 0 Å². The number of hydrogen-bond acceptors (Lipinski definition) is 5. The Morgan fingerprint density at radius 3 is 2.27 bits per heavy atom. The van der Waals surface area contributed by atoms with Crippen LogP contribution in [0.15, 0.2) is 46.9 Å². The second-order valence-corrected chi connectivity index (χ2v) is 7.60. The fourth-order valence-electron chi connectivity index (χ4n) is 2.07. The highest BCUT2D eigenvalue weighted by atomic mass is 79.9. The van der Waals surface area contributed by atoms with Gasteiger partial charge < -0.3 is 10.1 Å². The third-order valence-electron chi connectivity index (χ3n) is 3.55. The number of halogens is 3. The Kier molecular flexibility index (Phi) is 9.10. The summed E-state index contributed by atoms with van der Waals surface area (Å²) in [4.78, 5) is 47.1. The normalized spacial score (nSPS) is 10.1. The molecule has 2 aromatic carbocycles. The van der Waals surface area contributed by atoms with Gasteiger partial charge in [-0.2, -0.15) is 0 Å². The molecule has 0 unspecified atom stereocenters. The Morgan fingerprint density at radius 1 is 0.900 bits per heavy atom. The summed E-state index contributed by atoms with van der Waals surface area (Å²) in [6.07, 6.45) is -0.505. The van der Waals surface area contributed by atoms with E-state index >= 15 is 0 Å². The van der Waals surface area contributed by atoms with Gasteiger partial charge in [0.15, 0.2) is 6.61 Å². The molecule has 0 saturated heterocycles. The molecule has 0 aliphatic rings. The third-order valence-corrected chi connectivity index (χ3v) is 4.61. The summed E-state index contributed by atoms with van der Waals surface area (Å²) in [5.74, 6) is -2.45. The van der Waals surface area contributed by atoms with Crippen molar-refractivity contribution >= 4 is 68.5 Å². The van der Waals surface area contributed by atoms with E-state index in [2.05, 4.69) is 32.1 Å². The van der Waals surface area contributed by atoms with Crippen molar-refractivity contribution < 1.29 is 23.9 Å². The molecule has 2 rings (SSSR count). The quantitative estimate of drug-likeness (QED) is 0.385. The molecule has 0 fully saturated rings. The predicted octanol–water partition coefficient (Wildman–Crippen LogP) is 3.48. The topological polar surface area (TPSA) is 114 Å². The molecule has 11 heteroatoms. The zero-order valence-corrected chi connectivity index (χ0v) is 18.4. The fourth-order valence-corrected chi connectivity index (χ4v) is 2.92. The van der Waals surface area contributed by atoms with Gasteiger partial charge in [-0.15, -0.1) is 0 Å². The number of hydrazine groups is 1. The first-order valence-corrected chi connectivity index (χ1v) is 10.0. The first kappa shape index (κ1) is 23.7. The Bertz CT molecular complexity index is 954. The summed E-state index contributed by atoms with van der Waals surface area (Å²) in [6.45, 7) is -0.528. The number of carbonyl (C=O) groups is 4. The largest absolute Gasteiger partial charge is 0.456 e. The van der Waals surface area contributed by atoms with Crippen LogP contribution in [-0.2, 0) is 19.1 Å². The molecule has 158 valence electrons. The lowest BCUT2D eigenvalue weighted by molar-refractivity contribution is -0.148. The first-order chi connectivity index (χ1) is 14.2. The molecule has 8 nitrogen and oxygen atoms in total. The highest BCUT2D eigenvalue weighted by Gasteiger charge is 2.13. The minimum Gasteiger partial charge on any atom is -0.456 e. The second kappa shape index (κ2) is 11.5. The maximum atomic E-state index is 11.9. The average Bonchev–Trinajstić information content (AvgIpc) is 2.71. The van der Waals surface area contributed by atoms with E-state index < -0.39 is 30.3 Å². The zero-order chi connectivity index (χ0) is 22.1. The molecule has 0 radical (unpaired) electrons. The van der Waals surface area contributed by atoms with Gasteiger partial charge in [-0.1, -0.05) is 39.1 Å². The van der Waals surface area contributed by atoms with Gasteiger partial charge in [0, 0.05) is 21.5 Å². The first-order valence-electron chi connectivity index (χ1n) is 8.50. The Morgan fingerprint density at radius 2 is 1.60 bits per heavy atom. The van der Waals surface area contributed by atoms with Gasteiger partial charge in [0.05, 0.1) is 17.1 Å². The van der Waals surface area contributed by atoms with Gasteiger partial charge in [0.25, 0.3) is 11.8 Å². The number of rotatable bonds is 7. The van der Waals surface area contributed by atoms with Crippen molar-refractivity contribution in [3.8, 4) is 0 Å². The summed E-state index contributed by atoms with van der Waals surface area (Å²) in [5.41, 5.74) is 5.07. The maximum Gasteiger partial charge on any atom is 0.306 e. The van der Waals surface area contributed by atoms with E-state index in [0.717, 1.165) is 4.47 Å². The molecule has 0 heterocycles. The molecule has 2 aromatic rings. The minimum absolute atomic E-state index is 0.236. The monoisotopic (exact) mass is 515 g/mol. The molecule has 0 bridgehead atoms. The number of nitrogens with one attached hydrogen (secondary N) is 3.